The van der Waals surface area contributed by atoms with Crippen LogP contribution >= 0.6 is 0 Å². The lowest BCUT2D eigenvalue weighted by atomic mass is 10.1. The molecule has 0 spiro atoms. The van der Waals surface area contributed by atoms with Gasteiger partial charge in [-0.1, -0.05) is 18.2 Å². The number of nitrogens with zero attached hydrogens (tertiary/aromatic N) is 1. The van der Waals surface area contributed by atoms with Crippen LogP contribution in [0.4, 0.5) is 0 Å². The molecule has 0 unspecified atom stereocenters. The average molecular weight is 256 g/mol. The van der Waals surface area contributed by atoms with Crippen LogP contribution in [0.5, 0.6) is 5.75 Å². The molecule has 0 bridgehead atoms. The van der Waals surface area contributed by atoms with Gasteiger partial charge in [0, 0.05) is 25.0 Å². The smallest absolute Gasteiger partial charge is 0.119 e. The number of hydrogen-bond acceptors (Lipinski definition) is 3. The Balaban J connectivity index is 1.99. The number of aromatic nitrogens is 1. The van der Waals surface area contributed by atoms with E-state index < -0.39 is 0 Å². The molecule has 0 saturated carbocycles. The molecule has 0 fully saturated rings. The van der Waals surface area contributed by atoms with E-state index >= 15 is 0 Å². The van der Waals surface area contributed by atoms with E-state index in [0.29, 0.717) is 0 Å². The Kier molecular flexibility index (Phi) is 4.53. The van der Waals surface area contributed by atoms with Crippen LogP contribution in [0.25, 0.3) is 0 Å². The van der Waals surface area contributed by atoms with Crippen molar-refractivity contribution in [1.29, 1.82) is 0 Å². The Morgan fingerprint density at radius 3 is 2.84 bits per heavy atom. The van der Waals surface area contributed by atoms with E-state index in [2.05, 4.69) is 42.3 Å². The molecule has 0 amide bonds. The van der Waals surface area contributed by atoms with E-state index in [1.807, 2.05) is 24.5 Å². The van der Waals surface area contributed by atoms with E-state index in [1.54, 1.807) is 7.11 Å². The highest BCUT2D eigenvalue weighted by Crippen LogP contribution is 2.19. The first-order chi connectivity index (χ1) is 9.19. The number of benzene rings is 1. The zero-order valence-electron chi connectivity index (χ0n) is 11.7. The van der Waals surface area contributed by atoms with Gasteiger partial charge < -0.3 is 10.1 Å². The average Bonchev–Trinajstić information content (AvgIpc) is 2.45. The van der Waals surface area contributed by atoms with Gasteiger partial charge in [0.15, 0.2) is 0 Å². The van der Waals surface area contributed by atoms with Crippen LogP contribution in [0.2, 0.25) is 0 Å². The van der Waals surface area contributed by atoms with Gasteiger partial charge in [-0.05, 0) is 42.7 Å². The predicted molar refractivity (Wildman–Crippen MR) is 77.2 cm³/mol. The third-order valence-corrected chi connectivity index (χ3v) is 3.14. The van der Waals surface area contributed by atoms with E-state index in [9.17, 15) is 0 Å². The van der Waals surface area contributed by atoms with Crippen molar-refractivity contribution in [3.8, 4) is 5.75 Å². The Bertz CT molecular complexity index is 540. The SMILES string of the molecule is COc1cccc([C@@H](C)NCc2cncc(C)c2)c1. The molecular weight excluding hydrogens is 236 g/mol. The molecule has 2 rings (SSSR count). The maximum Gasteiger partial charge on any atom is 0.119 e. The molecule has 0 radical (unpaired) electrons. The minimum atomic E-state index is 0.274. The maximum absolute atomic E-state index is 5.25. The van der Waals surface area contributed by atoms with Crippen molar-refractivity contribution in [1.82, 2.24) is 10.3 Å². The van der Waals surface area contributed by atoms with Gasteiger partial charge in [-0.3, -0.25) is 4.98 Å². The van der Waals surface area contributed by atoms with Crippen molar-refractivity contribution in [3.63, 3.8) is 0 Å². The topological polar surface area (TPSA) is 34.1 Å². The summed E-state index contributed by atoms with van der Waals surface area (Å²) in [4.78, 5) is 4.20. The summed E-state index contributed by atoms with van der Waals surface area (Å²) in [7, 11) is 1.69. The predicted octanol–water partition coefficient (Wildman–Crippen LogP) is 3.25. The van der Waals surface area contributed by atoms with Crippen LogP contribution in [-0.2, 0) is 6.54 Å². The zero-order chi connectivity index (χ0) is 13.7. The first-order valence-electron chi connectivity index (χ1n) is 6.47. The lowest BCUT2D eigenvalue weighted by Gasteiger charge is -2.15. The van der Waals surface area contributed by atoms with Gasteiger partial charge in [0.2, 0.25) is 0 Å². The summed E-state index contributed by atoms with van der Waals surface area (Å²) < 4.78 is 5.25. The van der Waals surface area contributed by atoms with Gasteiger partial charge in [-0.25, -0.2) is 0 Å². The highest BCUT2D eigenvalue weighted by atomic mass is 16.5. The number of aryl methyl sites for hydroxylation is 1. The molecule has 0 aliphatic heterocycles. The minimum Gasteiger partial charge on any atom is -0.497 e. The molecule has 0 aliphatic carbocycles. The summed E-state index contributed by atoms with van der Waals surface area (Å²) in [5, 5.41) is 3.50. The lowest BCUT2D eigenvalue weighted by Crippen LogP contribution is -2.18. The van der Waals surface area contributed by atoms with Gasteiger partial charge in [-0.2, -0.15) is 0 Å². The second-order valence-electron chi connectivity index (χ2n) is 4.75. The molecule has 2 aromatic rings. The fourth-order valence-electron chi connectivity index (χ4n) is 2.01. The van der Waals surface area contributed by atoms with Crippen molar-refractivity contribution in [3.05, 3.63) is 59.4 Å². The van der Waals surface area contributed by atoms with Gasteiger partial charge in [0.05, 0.1) is 7.11 Å². The van der Waals surface area contributed by atoms with E-state index in [1.165, 1.54) is 16.7 Å². The summed E-state index contributed by atoms with van der Waals surface area (Å²) in [6.07, 6.45) is 3.77. The first-order valence-corrected chi connectivity index (χ1v) is 6.47. The van der Waals surface area contributed by atoms with E-state index in [4.69, 9.17) is 4.74 Å². The third-order valence-electron chi connectivity index (χ3n) is 3.14. The number of hydrogen-bond donors (Lipinski definition) is 1. The molecule has 0 saturated heterocycles. The fourth-order valence-corrected chi connectivity index (χ4v) is 2.01. The number of rotatable bonds is 5. The Hall–Kier alpha value is -1.87. The second kappa shape index (κ2) is 6.34. The molecule has 1 N–H and O–H groups in total. The Morgan fingerprint density at radius 1 is 1.26 bits per heavy atom. The molecule has 1 heterocycles. The molecule has 1 aromatic carbocycles. The fraction of sp³-hybridized carbons (Fsp3) is 0.312. The molecule has 0 aliphatic rings. The maximum atomic E-state index is 5.25. The van der Waals surface area contributed by atoms with Gasteiger partial charge >= 0.3 is 0 Å². The van der Waals surface area contributed by atoms with Crippen molar-refractivity contribution >= 4 is 0 Å². The van der Waals surface area contributed by atoms with Crippen LogP contribution in [0.15, 0.2) is 42.7 Å². The Labute approximate surface area is 114 Å². The van der Waals surface area contributed by atoms with Crippen LogP contribution in [-0.4, -0.2) is 12.1 Å². The molecule has 3 heteroatoms. The number of ether oxygens (including phenoxy) is 1. The summed E-state index contributed by atoms with van der Waals surface area (Å²) in [5.41, 5.74) is 3.61. The highest BCUT2D eigenvalue weighted by molar-refractivity contribution is 5.30. The summed E-state index contributed by atoms with van der Waals surface area (Å²) in [5.74, 6) is 0.892. The van der Waals surface area contributed by atoms with Crippen LogP contribution in [0.1, 0.15) is 29.7 Å². The monoisotopic (exact) mass is 256 g/mol. The van der Waals surface area contributed by atoms with Crippen molar-refractivity contribution < 1.29 is 4.74 Å². The van der Waals surface area contributed by atoms with Crippen molar-refractivity contribution in [2.24, 2.45) is 0 Å². The third kappa shape index (κ3) is 3.80. The summed E-state index contributed by atoms with van der Waals surface area (Å²) in [6, 6.07) is 10.6. The lowest BCUT2D eigenvalue weighted by molar-refractivity contribution is 0.413. The van der Waals surface area contributed by atoms with Crippen molar-refractivity contribution in [2.45, 2.75) is 26.4 Å². The largest absolute Gasteiger partial charge is 0.497 e. The van der Waals surface area contributed by atoms with E-state index in [0.717, 1.165) is 12.3 Å². The number of methoxy groups -OCH3 is 1. The van der Waals surface area contributed by atoms with Crippen molar-refractivity contribution in [2.75, 3.05) is 7.11 Å². The minimum absolute atomic E-state index is 0.274. The normalized spacial score (nSPS) is 12.2. The van der Waals surface area contributed by atoms with E-state index in [-0.39, 0.29) is 6.04 Å². The molecule has 1 atom stereocenters. The summed E-state index contributed by atoms with van der Waals surface area (Å²) >= 11 is 0. The second-order valence-corrected chi connectivity index (χ2v) is 4.75. The zero-order valence-corrected chi connectivity index (χ0v) is 11.7. The number of nitrogens with one attached hydrogen (secondary N) is 1. The van der Waals surface area contributed by atoms with Crippen LogP contribution in [0, 0.1) is 6.92 Å². The molecular formula is C16H20N2O. The molecule has 1 aromatic heterocycles. The standard InChI is InChI=1S/C16H20N2O/c1-12-7-14(10-17-9-12)11-18-13(2)15-5-4-6-16(8-15)19-3/h4-10,13,18H,11H2,1-3H3/t13-/m1/s1. The van der Waals surface area contributed by atoms with Gasteiger partial charge in [-0.15, -0.1) is 0 Å². The highest BCUT2D eigenvalue weighted by Gasteiger charge is 2.06. The van der Waals surface area contributed by atoms with Crippen LogP contribution < -0.4 is 10.1 Å². The Morgan fingerprint density at radius 2 is 2.11 bits per heavy atom. The van der Waals surface area contributed by atoms with Crippen LogP contribution in [0.3, 0.4) is 0 Å². The molecule has 3 nitrogen and oxygen atoms in total. The molecule has 100 valence electrons. The quantitative estimate of drug-likeness (QED) is 0.891. The first kappa shape index (κ1) is 13.6. The molecule has 19 heavy (non-hydrogen) atoms. The summed E-state index contributed by atoms with van der Waals surface area (Å²) in [6.45, 7) is 5.02. The number of pyridine rings is 1. The van der Waals surface area contributed by atoms with Gasteiger partial charge in [0.1, 0.15) is 5.75 Å². The van der Waals surface area contributed by atoms with Gasteiger partial charge in [0.25, 0.3) is 0 Å².